The highest BCUT2D eigenvalue weighted by Crippen LogP contribution is 2.30. The molecule has 0 aliphatic carbocycles. The molecule has 4 aromatic rings. The summed E-state index contributed by atoms with van der Waals surface area (Å²) < 4.78 is 34.1. The van der Waals surface area contributed by atoms with E-state index < -0.39 is 15.9 Å². The smallest absolute Gasteiger partial charge is 0.264 e. The molecule has 0 saturated heterocycles. The second kappa shape index (κ2) is 10.6. The normalized spacial score (nSPS) is 11.0. The molecule has 4 rings (SSSR count). The van der Waals surface area contributed by atoms with E-state index in [0.29, 0.717) is 16.5 Å². The van der Waals surface area contributed by atoms with Crippen molar-refractivity contribution in [3.05, 3.63) is 119 Å². The summed E-state index contributed by atoms with van der Waals surface area (Å²) >= 11 is 5.94. The van der Waals surface area contributed by atoms with Gasteiger partial charge in [-0.15, -0.1) is 0 Å². The number of para-hydroxylation sites is 1. The van der Waals surface area contributed by atoms with Crippen LogP contribution in [0.2, 0.25) is 5.02 Å². The summed E-state index contributed by atoms with van der Waals surface area (Å²) in [6.45, 7) is 0.0421. The average molecular weight is 507 g/mol. The Hall–Kier alpha value is -3.81. The van der Waals surface area contributed by atoms with Gasteiger partial charge in [0.25, 0.3) is 15.9 Å². The first kappa shape index (κ1) is 24.3. The Kier molecular flexibility index (Phi) is 7.39. The summed E-state index contributed by atoms with van der Waals surface area (Å²) in [6.07, 6.45) is 0. The molecule has 0 unspecified atom stereocenters. The maximum absolute atomic E-state index is 13.8. The number of benzene rings is 4. The molecule has 0 aliphatic rings. The van der Waals surface area contributed by atoms with Crippen molar-refractivity contribution in [2.75, 3.05) is 16.7 Å². The van der Waals surface area contributed by atoms with Crippen molar-refractivity contribution in [2.24, 2.45) is 0 Å². The summed E-state index contributed by atoms with van der Waals surface area (Å²) in [5.41, 5.74) is 1.80. The maximum Gasteiger partial charge on any atom is 0.264 e. The Morgan fingerprint density at radius 2 is 1.49 bits per heavy atom. The number of ether oxygens (including phenoxy) is 1. The fraction of sp³-hybridized carbons (Fsp3) is 0.0741. The molecule has 0 radical (unpaired) electrons. The van der Waals surface area contributed by atoms with Crippen LogP contribution in [0.5, 0.6) is 5.75 Å². The van der Waals surface area contributed by atoms with E-state index in [-0.39, 0.29) is 22.7 Å². The van der Waals surface area contributed by atoms with Crippen LogP contribution in [0, 0.1) is 0 Å². The summed E-state index contributed by atoms with van der Waals surface area (Å²) in [4.78, 5) is 13.3. The Labute approximate surface area is 209 Å². The number of amides is 1. The van der Waals surface area contributed by atoms with Gasteiger partial charge in [0.05, 0.1) is 29.8 Å². The minimum absolute atomic E-state index is 0.0421. The minimum Gasteiger partial charge on any atom is -0.497 e. The summed E-state index contributed by atoms with van der Waals surface area (Å²) in [5.74, 6) is 0.104. The van der Waals surface area contributed by atoms with Gasteiger partial charge in [0.15, 0.2) is 0 Å². The highest BCUT2D eigenvalue weighted by Gasteiger charge is 2.28. The fourth-order valence-corrected chi connectivity index (χ4v) is 5.14. The molecule has 8 heteroatoms. The van der Waals surface area contributed by atoms with Gasteiger partial charge in [0.1, 0.15) is 5.75 Å². The first-order valence-corrected chi connectivity index (χ1v) is 12.6. The van der Waals surface area contributed by atoms with Crippen LogP contribution >= 0.6 is 11.6 Å². The molecular weight excluding hydrogens is 484 g/mol. The monoisotopic (exact) mass is 506 g/mol. The fourth-order valence-electron chi connectivity index (χ4n) is 3.54. The van der Waals surface area contributed by atoms with Gasteiger partial charge >= 0.3 is 0 Å². The quantitative estimate of drug-likeness (QED) is 0.318. The molecule has 0 saturated carbocycles. The Balaban J connectivity index is 1.77. The third kappa shape index (κ3) is 5.65. The van der Waals surface area contributed by atoms with E-state index >= 15 is 0 Å². The van der Waals surface area contributed by atoms with E-state index in [2.05, 4.69) is 5.32 Å². The highest BCUT2D eigenvalue weighted by atomic mass is 35.5. The second-order valence-electron chi connectivity index (χ2n) is 7.65. The van der Waals surface area contributed by atoms with Crippen molar-refractivity contribution >= 4 is 38.9 Å². The van der Waals surface area contributed by atoms with Crippen LogP contribution in [-0.4, -0.2) is 21.4 Å². The standard InChI is InChI=1S/C27H23ClN2O4S/c1-34-23-15-17-24(18-16-23)35(32,33)30(19-20-7-3-2-4-8-20)26-10-6-5-9-25(26)27(31)29-22-13-11-21(28)12-14-22/h2-18H,19H2,1H3,(H,29,31). The zero-order chi connectivity index (χ0) is 24.8. The first-order valence-electron chi connectivity index (χ1n) is 10.7. The van der Waals surface area contributed by atoms with Crippen LogP contribution in [0.4, 0.5) is 11.4 Å². The number of carbonyl (C=O) groups excluding carboxylic acids is 1. The molecule has 0 aromatic heterocycles. The van der Waals surface area contributed by atoms with E-state index in [1.165, 1.54) is 23.5 Å². The number of hydrogen-bond donors (Lipinski definition) is 1. The van der Waals surface area contributed by atoms with Gasteiger partial charge in [-0.05, 0) is 66.2 Å². The SMILES string of the molecule is COc1ccc(S(=O)(=O)N(Cc2ccccc2)c2ccccc2C(=O)Nc2ccc(Cl)cc2)cc1. The largest absolute Gasteiger partial charge is 0.497 e. The van der Waals surface area contributed by atoms with Crippen molar-refractivity contribution in [1.82, 2.24) is 0 Å². The number of methoxy groups -OCH3 is 1. The zero-order valence-electron chi connectivity index (χ0n) is 18.9. The lowest BCUT2D eigenvalue weighted by Gasteiger charge is -2.26. The summed E-state index contributed by atoms with van der Waals surface area (Å²) in [7, 11) is -2.52. The van der Waals surface area contributed by atoms with Crippen LogP contribution in [-0.2, 0) is 16.6 Å². The van der Waals surface area contributed by atoms with Crippen molar-refractivity contribution in [1.29, 1.82) is 0 Å². The summed E-state index contributed by atoms with van der Waals surface area (Å²) in [6, 6.07) is 28.7. The van der Waals surface area contributed by atoms with Crippen LogP contribution in [0.1, 0.15) is 15.9 Å². The molecule has 1 N–H and O–H groups in total. The molecule has 0 spiro atoms. The zero-order valence-corrected chi connectivity index (χ0v) is 20.5. The van der Waals surface area contributed by atoms with Gasteiger partial charge in [-0.25, -0.2) is 8.42 Å². The van der Waals surface area contributed by atoms with E-state index in [9.17, 15) is 13.2 Å². The lowest BCUT2D eigenvalue weighted by Crippen LogP contribution is -2.32. The van der Waals surface area contributed by atoms with Gasteiger partial charge in [-0.2, -0.15) is 0 Å². The van der Waals surface area contributed by atoms with Gasteiger partial charge < -0.3 is 10.1 Å². The topological polar surface area (TPSA) is 75.7 Å². The number of halogens is 1. The number of carbonyl (C=O) groups is 1. The van der Waals surface area contributed by atoms with Crippen molar-refractivity contribution < 1.29 is 17.9 Å². The Bertz CT molecular complexity index is 1410. The Morgan fingerprint density at radius 1 is 0.857 bits per heavy atom. The van der Waals surface area contributed by atoms with Crippen LogP contribution in [0.15, 0.2) is 108 Å². The van der Waals surface area contributed by atoms with Crippen LogP contribution in [0.25, 0.3) is 0 Å². The predicted octanol–water partition coefficient (Wildman–Crippen LogP) is 6.00. The predicted molar refractivity (Wildman–Crippen MR) is 139 cm³/mol. The van der Waals surface area contributed by atoms with Gasteiger partial charge in [-0.3, -0.25) is 9.10 Å². The van der Waals surface area contributed by atoms with E-state index in [0.717, 1.165) is 5.56 Å². The molecule has 0 aliphatic heterocycles. The van der Waals surface area contributed by atoms with Crippen LogP contribution in [0.3, 0.4) is 0 Å². The first-order chi connectivity index (χ1) is 16.9. The van der Waals surface area contributed by atoms with Gasteiger partial charge in [0, 0.05) is 10.7 Å². The maximum atomic E-state index is 13.8. The lowest BCUT2D eigenvalue weighted by molar-refractivity contribution is 0.102. The van der Waals surface area contributed by atoms with Gasteiger partial charge in [0.2, 0.25) is 0 Å². The molecule has 35 heavy (non-hydrogen) atoms. The van der Waals surface area contributed by atoms with Crippen LogP contribution < -0.4 is 14.4 Å². The number of sulfonamides is 1. The molecule has 178 valence electrons. The van der Waals surface area contributed by atoms with E-state index in [1.54, 1.807) is 60.7 Å². The minimum atomic E-state index is -4.03. The summed E-state index contributed by atoms with van der Waals surface area (Å²) in [5, 5.41) is 3.36. The number of hydrogen-bond acceptors (Lipinski definition) is 4. The third-order valence-electron chi connectivity index (χ3n) is 5.34. The number of nitrogens with zero attached hydrogens (tertiary/aromatic N) is 1. The molecular formula is C27H23ClN2O4S. The second-order valence-corrected chi connectivity index (χ2v) is 9.95. The average Bonchev–Trinajstić information content (AvgIpc) is 2.89. The molecule has 6 nitrogen and oxygen atoms in total. The van der Waals surface area contributed by atoms with Crippen molar-refractivity contribution in [3.8, 4) is 5.75 Å². The Morgan fingerprint density at radius 3 is 2.14 bits per heavy atom. The number of rotatable bonds is 8. The van der Waals surface area contributed by atoms with E-state index in [4.69, 9.17) is 16.3 Å². The molecule has 0 bridgehead atoms. The molecule has 0 atom stereocenters. The lowest BCUT2D eigenvalue weighted by atomic mass is 10.1. The molecule has 1 amide bonds. The van der Waals surface area contributed by atoms with Crippen molar-refractivity contribution in [3.63, 3.8) is 0 Å². The van der Waals surface area contributed by atoms with E-state index in [1.807, 2.05) is 30.3 Å². The van der Waals surface area contributed by atoms with Crippen molar-refractivity contribution in [2.45, 2.75) is 11.4 Å². The molecule has 0 heterocycles. The third-order valence-corrected chi connectivity index (χ3v) is 7.36. The van der Waals surface area contributed by atoms with Gasteiger partial charge in [-0.1, -0.05) is 54.1 Å². The molecule has 4 aromatic carbocycles. The highest BCUT2D eigenvalue weighted by molar-refractivity contribution is 7.92. The molecule has 0 fully saturated rings. The number of anilines is 2. The number of nitrogens with one attached hydrogen (secondary N) is 1.